The van der Waals surface area contributed by atoms with Gasteiger partial charge in [-0.15, -0.1) is 24.8 Å². The molecule has 6 heteroatoms. The normalized spacial score (nSPS) is 19.3. The molecule has 0 amide bonds. The molecule has 2 aromatic rings. The molecule has 4 nitrogen and oxygen atoms in total. The summed E-state index contributed by atoms with van der Waals surface area (Å²) in [7, 11) is 1.69. The van der Waals surface area contributed by atoms with Crippen LogP contribution in [-0.4, -0.2) is 60.3 Å². The van der Waals surface area contributed by atoms with Gasteiger partial charge in [-0.1, -0.05) is 67.8 Å². The molecule has 0 spiro atoms. The molecule has 0 atom stereocenters. The van der Waals surface area contributed by atoms with Crippen molar-refractivity contribution in [2.45, 2.75) is 44.2 Å². The Hall–Kier alpha value is -1.56. The van der Waals surface area contributed by atoms with Crippen LogP contribution in [0.2, 0.25) is 0 Å². The third kappa shape index (κ3) is 7.46. The minimum atomic E-state index is -0.706. The van der Waals surface area contributed by atoms with Crippen molar-refractivity contribution in [3.63, 3.8) is 0 Å². The average molecular weight is 494 g/mol. The highest BCUT2D eigenvalue weighted by Gasteiger charge is 2.34. The summed E-state index contributed by atoms with van der Waals surface area (Å²) < 4.78 is 5.33. The van der Waals surface area contributed by atoms with Crippen LogP contribution in [0.1, 0.15) is 43.2 Å². The minimum absolute atomic E-state index is 0. The molecule has 2 aliphatic rings. The topological polar surface area (TPSA) is 35.9 Å². The molecule has 33 heavy (non-hydrogen) atoms. The molecule has 4 rings (SSSR count). The minimum Gasteiger partial charge on any atom is -0.497 e. The number of hydrogen-bond donors (Lipinski definition) is 1. The van der Waals surface area contributed by atoms with Crippen LogP contribution < -0.4 is 4.74 Å². The molecule has 0 bridgehead atoms. The largest absolute Gasteiger partial charge is 0.497 e. The van der Waals surface area contributed by atoms with E-state index < -0.39 is 5.60 Å². The summed E-state index contributed by atoms with van der Waals surface area (Å²) in [5.74, 6) is 0.855. The van der Waals surface area contributed by atoms with Crippen LogP contribution in [0.5, 0.6) is 5.75 Å². The molecule has 1 N–H and O–H groups in total. The van der Waals surface area contributed by atoms with E-state index in [0.717, 1.165) is 81.8 Å². The van der Waals surface area contributed by atoms with Gasteiger partial charge in [-0.3, -0.25) is 9.80 Å². The molecule has 1 saturated carbocycles. The maximum absolute atomic E-state index is 11.5. The Bertz CT molecular complexity index is 844. The molecular weight excluding hydrogens is 455 g/mol. The Kier molecular flexibility index (Phi) is 11.2. The highest BCUT2D eigenvalue weighted by molar-refractivity contribution is 5.85. The fourth-order valence-electron chi connectivity index (χ4n) is 4.95. The molecule has 0 aromatic heterocycles. The van der Waals surface area contributed by atoms with Crippen LogP contribution >= 0.6 is 24.8 Å². The molecule has 1 heterocycles. The van der Waals surface area contributed by atoms with Gasteiger partial charge in [0.1, 0.15) is 5.75 Å². The first-order valence-electron chi connectivity index (χ1n) is 11.7. The summed E-state index contributed by atoms with van der Waals surface area (Å²) in [6.07, 6.45) is 7.43. The summed E-state index contributed by atoms with van der Waals surface area (Å²) >= 11 is 0. The number of piperazine rings is 1. The SMILES string of the molecule is COc1ccc(C(=CCN2CCN(Cc3ccccc3)CC2)C2(O)CCCCC2)cc1.Cl.Cl. The van der Waals surface area contributed by atoms with Crippen molar-refractivity contribution in [3.8, 4) is 5.75 Å². The maximum atomic E-state index is 11.5. The average Bonchev–Trinajstić information content (AvgIpc) is 2.82. The van der Waals surface area contributed by atoms with Crippen molar-refractivity contribution in [2.24, 2.45) is 0 Å². The van der Waals surface area contributed by atoms with Crippen molar-refractivity contribution in [1.82, 2.24) is 9.80 Å². The van der Waals surface area contributed by atoms with Crippen LogP contribution in [0.4, 0.5) is 0 Å². The molecule has 0 radical (unpaired) electrons. The number of halogens is 2. The zero-order valence-electron chi connectivity index (χ0n) is 19.6. The van der Waals surface area contributed by atoms with Gasteiger partial charge in [0.15, 0.2) is 0 Å². The summed E-state index contributed by atoms with van der Waals surface area (Å²) in [5, 5.41) is 11.5. The van der Waals surface area contributed by atoms with Crippen molar-refractivity contribution in [2.75, 3.05) is 39.8 Å². The molecule has 1 aliphatic heterocycles. The van der Waals surface area contributed by atoms with Crippen molar-refractivity contribution in [1.29, 1.82) is 0 Å². The molecule has 1 aliphatic carbocycles. The summed E-state index contributed by atoms with van der Waals surface area (Å²) in [5.41, 5.74) is 2.90. The molecule has 182 valence electrons. The summed E-state index contributed by atoms with van der Waals surface area (Å²) in [6.45, 7) is 6.23. The van der Waals surface area contributed by atoms with Crippen LogP contribution in [0.25, 0.3) is 5.57 Å². The molecule has 0 unspecified atom stereocenters. The van der Waals surface area contributed by atoms with Crippen LogP contribution in [-0.2, 0) is 6.54 Å². The highest BCUT2D eigenvalue weighted by atomic mass is 35.5. The van der Waals surface area contributed by atoms with E-state index in [2.05, 4.69) is 58.3 Å². The summed E-state index contributed by atoms with van der Waals surface area (Å²) in [6, 6.07) is 18.9. The van der Waals surface area contributed by atoms with Gasteiger partial charge in [0.25, 0.3) is 0 Å². The Labute approximate surface area is 211 Å². The Balaban J connectivity index is 0.00000193. The van der Waals surface area contributed by atoms with Gasteiger partial charge in [0.2, 0.25) is 0 Å². The Morgan fingerprint density at radius 3 is 2.09 bits per heavy atom. The van der Waals surface area contributed by atoms with Gasteiger partial charge >= 0.3 is 0 Å². The van der Waals surface area contributed by atoms with Gasteiger partial charge in [-0.05, 0) is 41.7 Å². The molecule has 2 aromatic carbocycles. The van der Waals surface area contributed by atoms with Gasteiger partial charge in [-0.25, -0.2) is 0 Å². The van der Waals surface area contributed by atoms with Gasteiger partial charge in [0.05, 0.1) is 12.7 Å². The van der Waals surface area contributed by atoms with E-state index in [9.17, 15) is 5.11 Å². The third-order valence-electron chi connectivity index (χ3n) is 6.85. The Morgan fingerprint density at radius 2 is 1.48 bits per heavy atom. The first kappa shape index (κ1) is 27.7. The van der Waals surface area contributed by atoms with E-state index in [1.807, 2.05) is 12.1 Å². The van der Waals surface area contributed by atoms with Crippen LogP contribution in [0, 0.1) is 0 Å². The van der Waals surface area contributed by atoms with E-state index in [4.69, 9.17) is 4.74 Å². The zero-order chi connectivity index (χ0) is 21.5. The third-order valence-corrected chi connectivity index (χ3v) is 6.85. The Morgan fingerprint density at radius 1 is 0.879 bits per heavy atom. The number of nitrogens with zero attached hydrogens (tertiary/aromatic N) is 2. The zero-order valence-corrected chi connectivity index (χ0v) is 21.3. The summed E-state index contributed by atoms with van der Waals surface area (Å²) in [4.78, 5) is 5.05. The number of methoxy groups -OCH3 is 1. The number of aliphatic hydroxyl groups is 1. The van der Waals surface area contributed by atoms with Crippen molar-refractivity contribution >= 4 is 30.4 Å². The second-order valence-electron chi connectivity index (χ2n) is 9.00. The first-order valence-corrected chi connectivity index (χ1v) is 11.7. The quantitative estimate of drug-likeness (QED) is 0.558. The monoisotopic (exact) mass is 492 g/mol. The standard InChI is InChI=1S/C27H36N2O2.2ClH/c1-31-25-12-10-24(11-13-25)26(27(30)15-6-3-7-16-27)14-17-28-18-20-29(21-19-28)22-23-8-4-2-5-9-23;;/h2,4-5,8-14,30H,3,6-7,15-22H2,1H3;2*1H. The number of benzene rings is 2. The molecular formula is C27H38Cl2N2O2. The lowest BCUT2D eigenvalue weighted by atomic mass is 9.76. The maximum Gasteiger partial charge on any atom is 0.118 e. The van der Waals surface area contributed by atoms with Crippen molar-refractivity contribution < 1.29 is 9.84 Å². The predicted octanol–water partition coefficient (Wildman–Crippen LogP) is 5.44. The van der Waals surface area contributed by atoms with E-state index in [-0.39, 0.29) is 24.8 Å². The second-order valence-corrected chi connectivity index (χ2v) is 9.00. The fourth-order valence-corrected chi connectivity index (χ4v) is 4.95. The van der Waals surface area contributed by atoms with E-state index in [0.29, 0.717) is 0 Å². The highest BCUT2D eigenvalue weighted by Crippen LogP contribution is 2.39. The lowest BCUT2D eigenvalue weighted by Crippen LogP contribution is -2.46. The van der Waals surface area contributed by atoms with E-state index in [1.165, 1.54) is 12.0 Å². The van der Waals surface area contributed by atoms with Gasteiger partial charge in [-0.2, -0.15) is 0 Å². The van der Waals surface area contributed by atoms with Crippen LogP contribution in [0.15, 0.2) is 60.7 Å². The van der Waals surface area contributed by atoms with Gasteiger partial charge in [0, 0.05) is 39.3 Å². The smallest absolute Gasteiger partial charge is 0.118 e. The molecule has 2 fully saturated rings. The number of rotatable bonds is 7. The van der Waals surface area contributed by atoms with E-state index >= 15 is 0 Å². The van der Waals surface area contributed by atoms with Crippen LogP contribution in [0.3, 0.4) is 0 Å². The van der Waals surface area contributed by atoms with E-state index in [1.54, 1.807) is 7.11 Å². The fraction of sp³-hybridized carbons (Fsp3) is 0.481. The lowest BCUT2D eigenvalue weighted by molar-refractivity contribution is 0.0608. The number of ether oxygens (including phenoxy) is 1. The number of hydrogen-bond acceptors (Lipinski definition) is 4. The first-order chi connectivity index (χ1) is 15.2. The van der Waals surface area contributed by atoms with Crippen molar-refractivity contribution in [3.05, 3.63) is 71.8 Å². The van der Waals surface area contributed by atoms with Gasteiger partial charge < -0.3 is 9.84 Å². The predicted molar refractivity (Wildman–Crippen MR) is 142 cm³/mol. The second kappa shape index (κ2) is 13.4. The molecule has 1 saturated heterocycles. The lowest BCUT2D eigenvalue weighted by Gasteiger charge is -2.37.